The van der Waals surface area contributed by atoms with Crippen molar-refractivity contribution in [2.24, 2.45) is 0 Å². The van der Waals surface area contributed by atoms with E-state index in [0.717, 1.165) is 23.1 Å². The number of carbonyl (C=O) groups is 4. The van der Waals surface area contributed by atoms with Crippen molar-refractivity contribution in [1.82, 2.24) is 4.90 Å². The van der Waals surface area contributed by atoms with Gasteiger partial charge in [-0.15, -0.1) is 0 Å². The number of para-hydroxylation sites is 1. The maximum atomic E-state index is 13.6. The molecular weight excluding hydrogens is 386 g/mol. The van der Waals surface area contributed by atoms with Gasteiger partial charge in [0.05, 0.1) is 6.42 Å². The van der Waals surface area contributed by atoms with Crippen LogP contribution in [0.25, 0.3) is 0 Å². The number of fused-ring (bicyclic) bond motifs is 1. The molecule has 3 amide bonds. The maximum Gasteiger partial charge on any atom is 0.326 e. The van der Waals surface area contributed by atoms with E-state index >= 15 is 0 Å². The molecule has 0 saturated heterocycles. The molecule has 0 spiro atoms. The molecule has 0 fully saturated rings. The van der Waals surface area contributed by atoms with Crippen LogP contribution in [0, 0.1) is 11.6 Å². The normalized spacial score (nSPS) is 14.2. The maximum absolute atomic E-state index is 13.6. The number of rotatable bonds is 5. The monoisotopic (exact) mass is 402 g/mol. The number of hydrogen-bond acceptors (Lipinski definition) is 5. The zero-order valence-electron chi connectivity index (χ0n) is 15.3. The summed E-state index contributed by atoms with van der Waals surface area (Å²) < 4.78 is 32.1. The number of carbonyl (C=O) groups excluding carboxylic acids is 4. The lowest BCUT2D eigenvalue weighted by Crippen LogP contribution is -2.46. The van der Waals surface area contributed by atoms with Crippen molar-refractivity contribution in [2.45, 2.75) is 19.4 Å². The molecule has 1 aliphatic heterocycles. The Labute approximate surface area is 164 Å². The highest BCUT2D eigenvalue weighted by molar-refractivity contribution is 6.11. The van der Waals surface area contributed by atoms with Gasteiger partial charge in [0.1, 0.15) is 23.9 Å². The second-order valence-electron chi connectivity index (χ2n) is 6.34. The first-order valence-electron chi connectivity index (χ1n) is 8.65. The van der Waals surface area contributed by atoms with Crippen LogP contribution in [0.4, 0.5) is 14.5 Å². The van der Waals surface area contributed by atoms with Crippen molar-refractivity contribution in [2.75, 3.05) is 11.9 Å². The lowest BCUT2D eigenvalue weighted by atomic mass is 9.98. The van der Waals surface area contributed by atoms with Gasteiger partial charge in [0, 0.05) is 5.56 Å². The Hall–Kier alpha value is -3.62. The number of imide groups is 1. The molecule has 1 aliphatic rings. The van der Waals surface area contributed by atoms with E-state index in [4.69, 9.17) is 4.74 Å². The van der Waals surface area contributed by atoms with Crippen LogP contribution >= 0.6 is 0 Å². The Bertz CT molecular complexity index is 988. The van der Waals surface area contributed by atoms with Crippen LogP contribution in [-0.2, 0) is 25.5 Å². The summed E-state index contributed by atoms with van der Waals surface area (Å²) in [5.74, 6) is -5.16. The molecular formula is C20H16F2N2O5. The van der Waals surface area contributed by atoms with E-state index < -0.39 is 53.7 Å². The summed E-state index contributed by atoms with van der Waals surface area (Å²) in [4.78, 5) is 49.5. The molecule has 0 bridgehead atoms. The van der Waals surface area contributed by atoms with Gasteiger partial charge in [-0.3, -0.25) is 24.1 Å². The number of nitrogens with one attached hydrogen (secondary N) is 1. The van der Waals surface area contributed by atoms with Crippen molar-refractivity contribution in [3.63, 3.8) is 0 Å². The number of amides is 3. The standard InChI is InChI=1S/C20H16F2N2O5/c1-11(19(27)23-18-14(21)7-4-8-15(18)22)29-17(26)10-24-16(25)9-12-5-2-3-6-13(12)20(24)28/h2-8,11H,9-10H2,1H3,(H,23,27)/t11-/m1/s1. The Morgan fingerprint density at radius 2 is 1.76 bits per heavy atom. The van der Waals surface area contributed by atoms with Gasteiger partial charge < -0.3 is 10.1 Å². The number of halogens is 2. The summed E-state index contributed by atoms with van der Waals surface area (Å²) >= 11 is 0. The zero-order chi connectivity index (χ0) is 21.1. The molecule has 0 radical (unpaired) electrons. The Morgan fingerprint density at radius 1 is 1.10 bits per heavy atom. The number of benzene rings is 2. The van der Waals surface area contributed by atoms with E-state index in [-0.39, 0.29) is 6.42 Å². The molecule has 1 N–H and O–H groups in total. The van der Waals surface area contributed by atoms with Gasteiger partial charge >= 0.3 is 5.97 Å². The first kappa shape index (κ1) is 20.1. The summed E-state index contributed by atoms with van der Waals surface area (Å²) in [6.07, 6.45) is -1.46. The van der Waals surface area contributed by atoms with E-state index in [2.05, 4.69) is 0 Å². The first-order valence-corrected chi connectivity index (χ1v) is 8.65. The average molecular weight is 402 g/mol. The fourth-order valence-corrected chi connectivity index (χ4v) is 2.82. The predicted molar refractivity (Wildman–Crippen MR) is 96.7 cm³/mol. The summed E-state index contributed by atoms with van der Waals surface area (Å²) in [5.41, 5.74) is 0.200. The minimum absolute atomic E-state index is 0.0439. The molecule has 2 aromatic rings. The summed E-state index contributed by atoms with van der Waals surface area (Å²) in [6, 6.07) is 9.58. The molecule has 1 atom stereocenters. The number of hydrogen-bond donors (Lipinski definition) is 1. The molecule has 3 rings (SSSR count). The second kappa shape index (κ2) is 8.17. The molecule has 150 valence electrons. The van der Waals surface area contributed by atoms with E-state index in [1.807, 2.05) is 5.32 Å². The molecule has 1 heterocycles. The van der Waals surface area contributed by atoms with Gasteiger partial charge in [-0.1, -0.05) is 24.3 Å². The largest absolute Gasteiger partial charge is 0.451 e. The second-order valence-corrected chi connectivity index (χ2v) is 6.34. The van der Waals surface area contributed by atoms with E-state index in [0.29, 0.717) is 11.1 Å². The Kier molecular flexibility index (Phi) is 5.67. The number of nitrogens with zero attached hydrogens (tertiary/aromatic N) is 1. The van der Waals surface area contributed by atoms with Gasteiger partial charge in [-0.05, 0) is 30.7 Å². The van der Waals surface area contributed by atoms with E-state index in [1.54, 1.807) is 24.3 Å². The van der Waals surface area contributed by atoms with Crippen LogP contribution in [0.3, 0.4) is 0 Å². The summed E-state index contributed by atoms with van der Waals surface area (Å²) in [5, 5.41) is 2.00. The average Bonchev–Trinajstić information content (AvgIpc) is 2.68. The minimum atomic E-state index is -1.41. The summed E-state index contributed by atoms with van der Waals surface area (Å²) in [7, 11) is 0. The van der Waals surface area contributed by atoms with Crippen LogP contribution in [0.15, 0.2) is 42.5 Å². The van der Waals surface area contributed by atoms with Crippen molar-refractivity contribution >= 4 is 29.4 Å². The van der Waals surface area contributed by atoms with Crippen LogP contribution in [0.2, 0.25) is 0 Å². The van der Waals surface area contributed by atoms with Crippen LogP contribution in [-0.4, -0.2) is 41.2 Å². The fraction of sp³-hybridized carbons (Fsp3) is 0.200. The zero-order valence-corrected chi connectivity index (χ0v) is 15.3. The van der Waals surface area contributed by atoms with Crippen molar-refractivity contribution in [3.05, 3.63) is 65.2 Å². The third-order valence-corrected chi connectivity index (χ3v) is 4.31. The lowest BCUT2D eigenvalue weighted by molar-refractivity contribution is -0.155. The number of anilines is 1. The third-order valence-electron chi connectivity index (χ3n) is 4.31. The highest BCUT2D eigenvalue weighted by Gasteiger charge is 2.33. The van der Waals surface area contributed by atoms with Crippen LogP contribution < -0.4 is 5.32 Å². The molecule has 2 aromatic carbocycles. The molecule has 0 unspecified atom stereocenters. The minimum Gasteiger partial charge on any atom is -0.451 e. The van der Waals surface area contributed by atoms with Gasteiger partial charge in [0.15, 0.2) is 6.10 Å². The van der Waals surface area contributed by atoms with Crippen LogP contribution in [0.5, 0.6) is 0 Å². The van der Waals surface area contributed by atoms with Crippen molar-refractivity contribution < 1.29 is 32.7 Å². The van der Waals surface area contributed by atoms with Crippen molar-refractivity contribution in [3.8, 4) is 0 Å². The SMILES string of the molecule is C[C@@H](OC(=O)CN1C(=O)Cc2ccccc2C1=O)C(=O)Nc1c(F)cccc1F. The van der Waals surface area contributed by atoms with Gasteiger partial charge in [-0.25, -0.2) is 8.78 Å². The molecule has 0 aliphatic carbocycles. The lowest BCUT2D eigenvalue weighted by Gasteiger charge is -2.26. The third kappa shape index (κ3) is 4.29. The van der Waals surface area contributed by atoms with Gasteiger partial charge in [0.25, 0.3) is 11.8 Å². The topological polar surface area (TPSA) is 92.8 Å². The Balaban J connectivity index is 1.62. The van der Waals surface area contributed by atoms with Crippen molar-refractivity contribution in [1.29, 1.82) is 0 Å². The van der Waals surface area contributed by atoms with E-state index in [9.17, 15) is 28.0 Å². The number of ether oxygens (including phenoxy) is 1. The van der Waals surface area contributed by atoms with E-state index in [1.165, 1.54) is 6.92 Å². The molecule has 0 aromatic heterocycles. The van der Waals surface area contributed by atoms with Gasteiger partial charge in [-0.2, -0.15) is 0 Å². The first-order chi connectivity index (χ1) is 13.8. The molecule has 29 heavy (non-hydrogen) atoms. The predicted octanol–water partition coefficient (Wildman–Crippen LogP) is 2.06. The van der Waals surface area contributed by atoms with Crippen LogP contribution in [0.1, 0.15) is 22.8 Å². The Morgan fingerprint density at radius 3 is 2.45 bits per heavy atom. The molecule has 9 heteroatoms. The highest BCUT2D eigenvalue weighted by Crippen LogP contribution is 2.20. The summed E-state index contributed by atoms with van der Waals surface area (Å²) in [6.45, 7) is 0.513. The van der Waals surface area contributed by atoms with Gasteiger partial charge in [0.2, 0.25) is 5.91 Å². The highest BCUT2D eigenvalue weighted by atomic mass is 19.1. The smallest absolute Gasteiger partial charge is 0.326 e. The number of esters is 1. The fourth-order valence-electron chi connectivity index (χ4n) is 2.82. The quantitative estimate of drug-likeness (QED) is 0.611. The molecule has 7 nitrogen and oxygen atoms in total. The molecule has 0 saturated carbocycles.